The monoisotopic (exact) mass is 461 g/mol. The maximum absolute atomic E-state index is 14.1. The van der Waals surface area contributed by atoms with Crippen LogP contribution in [-0.4, -0.2) is 16.8 Å². The number of halogens is 2. The molecule has 1 heterocycles. The summed E-state index contributed by atoms with van der Waals surface area (Å²) in [5.41, 5.74) is 4.97. The third-order valence-corrected chi connectivity index (χ3v) is 8.36. The number of fused-ring (bicyclic) bond motifs is 2. The van der Waals surface area contributed by atoms with E-state index in [1.807, 2.05) is 24.3 Å². The van der Waals surface area contributed by atoms with Crippen LogP contribution in [-0.2, 0) is 11.3 Å². The van der Waals surface area contributed by atoms with E-state index in [9.17, 15) is 4.79 Å². The Bertz CT molecular complexity index is 1160. The number of hydrogen-bond donors (Lipinski definition) is 0. The van der Waals surface area contributed by atoms with Crippen LogP contribution in [0.3, 0.4) is 0 Å². The van der Waals surface area contributed by atoms with Crippen LogP contribution < -0.4 is 0 Å². The smallest absolute Gasteiger partial charge is 0.227 e. The molecule has 0 bridgehead atoms. The number of amides is 1. The van der Waals surface area contributed by atoms with Crippen LogP contribution in [0.5, 0.6) is 0 Å². The molecule has 162 valence electrons. The van der Waals surface area contributed by atoms with Crippen molar-refractivity contribution in [2.24, 2.45) is 11.8 Å². The van der Waals surface area contributed by atoms with Gasteiger partial charge in [-0.05, 0) is 71.2 Å². The van der Waals surface area contributed by atoms with Gasteiger partial charge in [0.1, 0.15) is 0 Å². The first-order valence-corrected chi connectivity index (χ1v) is 12.3. The van der Waals surface area contributed by atoms with Gasteiger partial charge in [-0.25, -0.2) is 0 Å². The molecule has 1 saturated heterocycles. The summed E-state index contributed by atoms with van der Waals surface area (Å²) >= 11 is 12.7. The summed E-state index contributed by atoms with van der Waals surface area (Å²) in [6, 6.07) is 25.0. The predicted molar refractivity (Wildman–Crippen MR) is 129 cm³/mol. The molecule has 3 aliphatic rings. The molecule has 4 heteroatoms. The molecule has 2 nitrogen and oxygen atoms in total. The Labute approximate surface area is 199 Å². The summed E-state index contributed by atoms with van der Waals surface area (Å²) < 4.78 is 0. The van der Waals surface area contributed by atoms with Gasteiger partial charge in [-0.1, -0.05) is 78.2 Å². The summed E-state index contributed by atoms with van der Waals surface area (Å²) in [7, 11) is 0. The Morgan fingerprint density at radius 2 is 1.59 bits per heavy atom. The Morgan fingerprint density at radius 1 is 0.844 bits per heavy atom. The summed E-state index contributed by atoms with van der Waals surface area (Å²) in [6.45, 7) is 0.689. The van der Waals surface area contributed by atoms with Crippen molar-refractivity contribution in [3.05, 3.63) is 105 Å². The highest BCUT2D eigenvalue weighted by molar-refractivity contribution is 6.31. The minimum Gasteiger partial charge on any atom is -0.335 e. The van der Waals surface area contributed by atoms with E-state index in [1.54, 1.807) is 0 Å². The van der Waals surface area contributed by atoms with Crippen molar-refractivity contribution < 1.29 is 4.79 Å². The van der Waals surface area contributed by atoms with E-state index >= 15 is 0 Å². The molecule has 6 rings (SSSR count). The number of likely N-dealkylation sites (tertiary alicyclic amines) is 1. The molecular formula is C28H25Cl2NO. The molecule has 1 aliphatic heterocycles. The number of rotatable bonds is 3. The van der Waals surface area contributed by atoms with Gasteiger partial charge in [-0.15, -0.1) is 0 Å². The maximum Gasteiger partial charge on any atom is 0.227 e. The average molecular weight is 462 g/mol. The molecule has 3 aromatic carbocycles. The predicted octanol–water partition coefficient (Wildman–Crippen LogP) is 7.05. The van der Waals surface area contributed by atoms with E-state index in [1.165, 1.54) is 22.3 Å². The van der Waals surface area contributed by atoms with Crippen molar-refractivity contribution in [2.45, 2.75) is 43.7 Å². The van der Waals surface area contributed by atoms with Crippen molar-refractivity contribution in [2.75, 3.05) is 0 Å². The van der Waals surface area contributed by atoms with Gasteiger partial charge in [0.25, 0.3) is 0 Å². The minimum atomic E-state index is -0.0381. The first-order valence-electron chi connectivity index (χ1n) is 11.5. The summed E-state index contributed by atoms with van der Waals surface area (Å²) in [5, 5.41) is 1.50. The standard InChI is InChI=1S/C28H25Cl2NO/c29-19-11-9-18(10-12-19)25-22-14-13-20(30)15-23(22)21-7-4-8-24-26(21)27(25)28(32)31(24)16-17-5-2-1-3-6-17/h1-3,5-6,9-15,21,24-27H,4,7-8,16H2/t21-,24-,25-,26+,27-/m0/s1. The second-order valence-corrected chi connectivity index (χ2v) is 10.3. The Balaban J connectivity index is 1.49. The fourth-order valence-electron chi connectivity index (χ4n) is 6.68. The van der Waals surface area contributed by atoms with Crippen LogP contribution in [0.1, 0.15) is 53.4 Å². The highest BCUT2D eigenvalue weighted by Gasteiger charge is 2.58. The zero-order valence-electron chi connectivity index (χ0n) is 17.8. The Hall–Kier alpha value is -2.29. The van der Waals surface area contributed by atoms with Crippen molar-refractivity contribution in [3.8, 4) is 0 Å². The van der Waals surface area contributed by atoms with Gasteiger partial charge in [0.2, 0.25) is 5.91 Å². The van der Waals surface area contributed by atoms with Gasteiger partial charge >= 0.3 is 0 Å². The van der Waals surface area contributed by atoms with Crippen molar-refractivity contribution in [3.63, 3.8) is 0 Å². The molecule has 0 aromatic heterocycles. The van der Waals surface area contributed by atoms with Gasteiger partial charge in [0, 0.05) is 28.5 Å². The first kappa shape index (κ1) is 20.3. The van der Waals surface area contributed by atoms with Crippen LogP contribution in [0.15, 0.2) is 72.8 Å². The number of benzene rings is 3. The quantitative estimate of drug-likeness (QED) is 0.409. The maximum atomic E-state index is 14.1. The highest BCUT2D eigenvalue weighted by atomic mass is 35.5. The van der Waals surface area contributed by atoms with Crippen LogP contribution in [0.2, 0.25) is 10.0 Å². The largest absolute Gasteiger partial charge is 0.335 e. The normalized spacial score (nSPS) is 28.4. The lowest BCUT2D eigenvalue weighted by Crippen LogP contribution is -2.40. The summed E-state index contributed by atoms with van der Waals surface area (Å²) in [6.07, 6.45) is 3.36. The number of carbonyl (C=O) groups excluding carboxylic acids is 1. The van der Waals surface area contributed by atoms with Crippen molar-refractivity contribution in [1.82, 2.24) is 4.90 Å². The lowest BCUT2D eigenvalue weighted by Gasteiger charge is -2.45. The fourth-order valence-corrected chi connectivity index (χ4v) is 6.98. The van der Waals surface area contributed by atoms with E-state index < -0.39 is 0 Å². The average Bonchev–Trinajstić information content (AvgIpc) is 3.09. The van der Waals surface area contributed by atoms with E-state index in [-0.39, 0.29) is 17.9 Å². The zero-order valence-corrected chi connectivity index (χ0v) is 19.3. The van der Waals surface area contributed by atoms with Gasteiger partial charge in [-0.2, -0.15) is 0 Å². The molecule has 0 unspecified atom stereocenters. The Morgan fingerprint density at radius 3 is 2.38 bits per heavy atom. The molecule has 0 radical (unpaired) electrons. The second-order valence-electron chi connectivity index (χ2n) is 9.46. The van der Waals surface area contributed by atoms with Crippen LogP contribution in [0, 0.1) is 11.8 Å². The molecule has 5 atom stereocenters. The summed E-state index contributed by atoms with van der Waals surface area (Å²) in [5.74, 6) is 1.02. The lowest BCUT2D eigenvalue weighted by molar-refractivity contribution is -0.133. The van der Waals surface area contributed by atoms with E-state index in [0.717, 1.165) is 29.3 Å². The molecule has 0 N–H and O–H groups in total. The van der Waals surface area contributed by atoms with Crippen molar-refractivity contribution in [1.29, 1.82) is 0 Å². The topological polar surface area (TPSA) is 20.3 Å². The molecule has 0 spiro atoms. The van der Waals surface area contributed by atoms with E-state index in [4.69, 9.17) is 23.2 Å². The molecule has 2 fully saturated rings. The third kappa shape index (κ3) is 3.19. The lowest BCUT2D eigenvalue weighted by atomic mass is 9.58. The number of hydrogen-bond acceptors (Lipinski definition) is 1. The van der Waals surface area contributed by atoms with Gasteiger partial charge < -0.3 is 4.90 Å². The minimum absolute atomic E-state index is 0.0367. The first-order chi connectivity index (χ1) is 15.6. The zero-order chi connectivity index (χ0) is 21.8. The third-order valence-electron chi connectivity index (χ3n) is 7.87. The molecular weight excluding hydrogens is 437 g/mol. The molecule has 32 heavy (non-hydrogen) atoms. The van der Waals surface area contributed by atoms with Gasteiger partial charge in [0.15, 0.2) is 0 Å². The molecule has 1 amide bonds. The highest BCUT2D eigenvalue weighted by Crippen LogP contribution is 2.59. The fraction of sp³-hybridized carbons (Fsp3) is 0.321. The molecule has 2 aliphatic carbocycles. The van der Waals surface area contributed by atoms with Crippen LogP contribution in [0.4, 0.5) is 0 Å². The van der Waals surface area contributed by atoms with E-state index in [2.05, 4.69) is 53.4 Å². The van der Waals surface area contributed by atoms with E-state index in [0.29, 0.717) is 24.3 Å². The second kappa shape index (κ2) is 7.93. The molecule has 3 aromatic rings. The van der Waals surface area contributed by atoms with Crippen LogP contribution >= 0.6 is 23.2 Å². The summed E-state index contributed by atoms with van der Waals surface area (Å²) in [4.78, 5) is 16.3. The van der Waals surface area contributed by atoms with Gasteiger partial charge in [0.05, 0.1) is 5.92 Å². The Kier molecular flexibility index (Phi) is 5.04. The van der Waals surface area contributed by atoms with Gasteiger partial charge in [-0.3, -0.25) is 4.79 Å². The van der Waals surface area contributed by atoms with Crippen LogP contribution in [0.25, 0.3) is 0 Å². The number of nitrogens with zero attached hydrogens (tertiary/aromatic N) is 1. The SMILES string of the molecule is O=C1[C@H]2[C@@H](c3ccc(Cl)cc3)c3ccc(Cl)cc3[C@@H]3CCC[C@@H]([C@H]23)N1Cc1ccccc1. The van der Waals surface area contributed by atoms with Crippen molar-refractivity contribution >= 4 is 29.1 Å². The molecule has 1 saturated carbocycles. The number of carbonyl (C=O) groups is 1.